The first kappa shape index (κ1) is 20.2. The largest absolute Gasteiger partial charge is 0.481 e. The summed E-state index contributed by atoms with van der Waals surface area (Å²) in [4.78, 5) is 26.2. The van der Waals surface area contributed by atoms with Crippen LogP contribution in [0.4, 0.5) is 0 Å². The summed E-state index contributed by atoms with van der Waals surface area (Å²) in [5.41, 5.74) is 1.84. The highest BCUT2D eigenvalue weighted by molar-refractivity contribution is 5.89. The lowest BCUT2D eigenvalue weighted by atomic mass is 9.93. The Morgan fingerprint density at radius 3 is 2.50 bits per heavy atom. The minimum atomic E-state index is -1.61. The number of carboxylic acids is 1. The van der Waals surface area contributed by atoms with E-state index in [1.54, 1.807) is 36.2 Å². The maximum absolute atomic E-state index is 13.2. The number of carbonyl (C=O) groups is 2. The molecule has 30 heavy (non-hydrogen) atoms. The smallest absolute Gasteiger partial charge is 0.307 e. The normalized spacial score (nSPS) is 17.9. The number of hydrogen-bond acceptors (Lipinski definition) is 3. The molecule has 1 aliphatic rings. The number of likely N-dealkylation sites (N-methyl/N-ethyl adjacent to an activating group) is 1. The fourth-order valence-electron chi connectivity index (χ4n) is 4.59. The van der Waals surface area contributed by atoms with Gasteiger partial charge in [0, 0.05) is 36.2 Å². The van der Waals surface area contributed by atoms with Gasteiger partial charge in [0.15, 0.2) is 5.60 Å². The third-order valence-corrected chi connectivity index (χ3v) is 6.25. The van der Waals surface area contributed by atoms with Crippen LogP contribution in [0.1, 0.15) is 30.2 Å². The molecule has 1 amide bonds. The van der Waals surface area contributed by atoms with Crippen molar-refractivity contribution < 1.29 is 19.8 Å². The van der Waals surface area contributed by atoms with Gasteiger partial charge in [0.2, 0.25) is 0 Å². The molecule has 6 nitrogen and oxygen atoms in total. The standard InChI is InChI=1S/C24H26N2O4/c1-24(30,16-8-4-3-5-9-16)23(29)25(2)17-12-13-21-19(14-22(27)28)18-10-6-7-11-20(18)26(21)15-17/h3-11,17,30H,12-15H2,1-2H3,(H,27,28)/t17-,24+/m1/s1. The molecule has 2 aromatic carbocycles. The molecule has 0 unspecified atom stereocenters. The third-order valence-electron chi connectivity index (χ3n) is 6.25. The number of carboxylic acid groups (broad SMARTS) is 1. The van der Waals surface area contributed by atoms with Crippen LogP contribution in [0.25, 0.3) is 10.9 Å². The van der Waals surface area contributed by atoms with Crippen molar-refractivity contribution in [2.45, 2.75) is 44.4 Å². The Hall–Kier alpha value is -3.12. The van der Waals surface area contributed by atoms with Crippen LogP contribution in [0.15, 0.2) is 54.6 Å². The first-order chi connectivity index (χ1) is 14.3. The van der Waals surface area contributed by atoms with Crippen LogP contribution < -0.4 is 0 Å². The molecule has 4 rings (SSSR count). The fraction of sp³-hybridized carbons (Fsp3) is 0.333. The summed E-state index contributed by atoms with van der Waals surface area (Å²) in [6.07, 6.45) is 1.40. The van der Waals surface area contributed by atoms with Gasteiger partial charge in [0.05, 0.1) is 6.42 Å². The van der Waals surface area contributed by atoms with Crippen LogP contribution in [0.2, 0.25) is 0 Å². The van der Waals surface area contributed by atoms with Crippen LogP contribution >= 0.6 is 0 Å². The molecule has 0 bridgehead atoms. The van der Waals surface area contributed by atoms with Crippen molar-refractivity contribution in [1.29, 1.82) is 0 Å². The second-order valence-electron chi connectivity index (χ2n) is 8.17. The zero-order valence-electron chi connectivity index (χ0n) is 17.2. The van der Waals surface area contributed by atoms with Crippen LogP contribution in [0.3, 0.4) is 0 Å². The molecule has 3 aromatic rings. The second-order valence-corrected chi connectivity index (χ2v) is 8.17. The van der Waals surface area contributed by atoms with E-state index in [1.165, 1.54) is 6.92 Å². The first-order valence-electron chi connectivity index (χ1n) is 10.2. The molecule has 0 saturated heterocycles. The van der Waals surface area contributed by atoms with Gasteiger partial charge in [-0.3, -0.25) is 9.59 Å². The van der Waals surface area contributed by atoms with E-state index in [1.807, 2.05) is 30.3 Å². The number of aliphatic hydroxyl groups is 1. The highest BCUT2D eigenvalue weighted by Crippen LogP contribution is 2.33. The highest BCUT2D eigenvalue weighted by atomic mass is 16.4. The van der Waals surface area contributed by atoms with Crippen molar-refractivity contribution in [1.82, 2.24) is 9.47 Å². The SMILES string of the molecule is CN(C(=O)[C@@](C)(O)c1ccccc1)[C@@H]1CCc2c(CC(=O)O)c3ccccc3n2C1. The quantitative estimate of drug-likeness (QED) is 0.683. The topological polar surface area (TPSA) is 82.8 Å². The van der Waals surface area contributed by atoms with Gasteiger partial charge >= 0.3 is 5.97 Å². The van der Waals surface area contributed by atoms with Gasteiger partial charge in [-0.1, -0.05) is 48.5 Å². The Morgan fingerprint density at radius 1 is 1.13 bits per heavy atom. The molecule has 0 saturated carbocycles. The van der Waals surface area contributed by atoms with Gasteiger partial charge in [-0.05, 0) is 37.0 Å². The Kier molecular flexibility index (Phi) is 5.12. The summed E-state index contributed by atoms with van der Waals surface area (Å²) in [5, 5.41) is 21.3. The number of aromatic nitrogens is 1. The van der Waals surface area contributed by atoms with Gasteiger partial charge in [-0.2, -0.15) is 0 Å². The molecule has 0 fully saturated rings. The van der Waals surface area contributed by atoms with Gasteiger partial charge < -0.3 is 19.7 Å². The molecule has 2 N–H and O–H groups in total. The molecular formula is C24H26N2O4. The summed E-state index contributed by atoms with van der Waals surface area (Å²) in [6.45, 7) is 2.11. The number of aliphatic carboxylic acids is 1. The van der Waals surface area contributed by atoms with E-state index in [0.717, 1.165) is 28.6 Å². The monoisotopic (exact) mass is 406 g/mol. The lowest BCUT2D eigenvalue weighted by Crippen LogP contribution is -2.50. The van der Waals surface area contributed by atoms with Gasteiger partial charge in [-0.25, -0.2) is 0 Å². The van der Waals surface area contributed by atoms with Crippen LogP contribution in [0.5, 0.6) is 0 Å². The number of hydrogen-bond donors (Lipinski definition) is 2. The zero-order chi connectivity index (χ0) is 21.5. The number of fused-ring (bicyclic) bond motifs is 3. The van der Waals surface area contributed by atoms with E-state index < -0.39 is 11.6 Å². The van der Waals surface area contributed by atoms with Gasteiger partial charge in [0.1, 0.15) is 0 Å². The van der Waals surface area contributed by atoms with E-state index in [2.05, 4.69) is 4.57 Å². The molecule has 6 heteroatoms. The minimum Gasteiger partial charge on any atom is -0.481 e. The number of rotatable bonds is 5. The highest BCUT2D eigenvalue weighted by Gasteiger charge is 2.38. The number of benzene rings is 2. The van der Waals surface area contributed by atoms with E-state index in [-0.39, 0.29) is 18.4 Å². The van der Waals surface area contributed by atoms with Crippen molar-refractivity contribution in [3.8, 4) is 0 Å². The zero-order valence-corrected chi connectivity index (χ0v) is 17.2. The first-order valence-corrected chi connectivity index (χ1v) is 10.2. The van der Waals surface area contributed by atoms with Crippen LogP contribution in [0, 0.1) is 0 Å². The summed E-state index contributed by atoms with van der Waals surface area (Å²) in [5.74, 6) is -1.19. The average Bonchev–Trinajstić information content (AvgIpc) is 3.06. The lowest BCUT2D eigenvalue weighted by molar-refractivity contribution is -0.152. The van der Waals surface area contributed by atoms with Crippen molar-refractivity contribution in [3.63, 3.8) is 0 Å². The molecule has 2 atom stereocenters. The Balaban J connectivity index is 1.64. The summed E-state index contributed by atoms with van der Waals surface area (Å²) in [7, 11) is 1.74. The van der Waals surface area contributed by atoms with E-state index in [9.17, 15) is 19.8 Å². The van der Waals surface area contributed by atoms with Crippen LogP contribution in [-0.4, -0.2) is 44.6 Å². The number of carbonyl (C=O) groups excluding carboxylic acids is 1. The Bertz CT molecular complexity index is 1100. The predicted octanol–water partition coefficient (Wildman–Crippen LogP) is 2.95. The molecule has 156 valence electrons. The van der Waals surface area contributed by atoms with E-state index in [4.69, 9.17) is 0 Å². The number of nitrogens with zero attached hydrogens (tertiary/aromatic N) is 2. The maximum atomic E-state index is 13.2. The second kappa shape index (κ2) is 7.61. The van der Waals surface area contributed by atoms with E-state index in [0.29, 0.717) is 18.5 Å². The molecule has 1 aliphatic heterocycles. The maximum Gasteiger partial charge on any atom is 0.307 e. The molecular weight excluding hydrogens is 380 g/mol. The summed E-state index contributed by atoms with van der Waals surface area (Å²) >= 11 is 0. The van der Waals surface area contributed by atoms with Crippen molar-refractivity contribution in [2.24, 2.45) is 0 Å². The third kappa shape index (κ3) is 3.37. The minimum absolute atomic E-state index is 0.00893. The lowest BCUT2D eigenvalue weighted by Gasteiger charge is -2.37. The number of para-hydroxylation sites is 1. The summed E-state index contributed by atoms with van der Waals surface area (Å²) in [6, 6.07) is 16.7. The molecule has 0 aliphatic carbocycles. The Labute approximate surface area is 175 Å². The van der Waals surface area contributed by atoms with Crippen molar-refractivity contribution >= 4 is 22.8 Å². The summed E-state index contributed by atoms with van der Waals surface area (Å²) < 4.78 is 2.14. The van der Waals surface area contributed by atoms with Crippen LogP contribution in [-0.2, 0) is 34.6 Å². The van der Waals surface area contributed by atoms with Gasteiger partial charge in [0.25, 0.3) is 5.91 Å². The fourth-order valence-corrected chi connectivity index (χ4v) is 4.59. The van der Waals surface area contributed by atoms with Crippen molar-refractivity contribution in [3.05, 3.63) is 71.4 Å². The molecule has 0 radical (unpaired) electrons. The average molecular weight is 406 g/mol. The van der Waals surface area contributed by atoms with E-state index >= 15 is 0 Å². The van der Waals surface area contributed by atoms with Crippen molar-refractivity contribution in [2.75, 3.05) is 7.05 Å². The Morgan fingerprint density at radius 2 is 1.80 bits per heavy atom. The predicted molar refractivity (Wildman–Crippen MR) is 114 cm³/mol. The number of amides is 1. The molecule has 1 aromatic heterocycles. The molecule has 2 heterocycles. The molecule has 0 spiro atoms. The van der Waals surface area contributed by atoms with Gasteiger partial charge in [-0.15, -0.1) is 0 Å².